The van der Waals surface area contributed by atoms with Crippen molar-refractivity contribution in [2.75, 3.05) is 12.6 Å². The fourth-order valence-corrected chi connectivity index (χ4v) is 2.04. The molecule has 0 aliphatic rings. The molecular formula is C7H9F6NO4S. The van der Waals surface area contributed by atoms with Gasteiger partial charge in [-0.2, -0.15) is 22.0 Å². The average molecular weight is 317 g/mol. The third-order valence-electron chi connectivity index (χ3n) is 1.78. The maximum absolute atomic E-state index is 13.2. The number of rotatable bonds is 7. The number of carbonyl (C=O) groups is 1. The Morgan fingerprint density at radius 3 is 2.11 bits per heavy atom. The van der Waals surface area contributed by atoms with Gasteiger partial charge >= 0.3 is 17.4 Å². The zero-order valence-electron chi connectivity index (χ0n) is 8.99. The average Bonchev–Trinajstić information content (AvgIpc) is 2.23. The summed E-state index contributed by atoms with van der Waals surface area (Å²) in [6.07, 6.45) is -9.63. The first kappa shape index (κ1) is 18.1. The quantitative estimate of drug-likeness (QED) is 0.672. The summed E-state index contributed by atoms with van der Waals surface area (Å²) >= 11 is 0. The Morgan fingerprint density at radius 2 is 1.79 bits per heavy atom. The minimum absolute atomic E-state index is 1.44. The number of ether oxygens (including phenoxy) is 1. The highest BCUT2D eigenvalue weighted by atomic mass is 32.2. The van der Waals surface area contributed by atoms with Gasteiger partial charge < -0.3 is 15.6 Å². The van der Waals surface area contributed by atoms with Crippen LogP contribution in [0, 0.1) is 0 Å². The van der Waals surface area contributed by atoms with Gasteiger partial charge in [0.25, 0.3) is 0 Å². The van der Waals surface area contributed by atoms with Crippen molar-refractivity contribution in [2.24, 2.45) is 5.73 Å². The predicted molar refractivity (Wildman–Crippen MR) is 50.5 cm³/mol. The van der Waals surface area contributed by atoms with Crippen LogP contribution in [0.2, 0.25) is 0 Å². The topological polar surface area (TPSA) is 89.6 Å². The van der Waals surface area contributed by atoms with Crippen molar-refractivity contribution in [1.82, 2.24) is 0 Å². The first-order chi connectivity index (χ1) is 8.44. The number of halogens is 6. The maximum Gasteiger partial charge on any atom is 0.421 e. The van der Waals surface area contributed by atoms with Crippen molar-refractivity contribution >= 4 is 16.8 Å². The number of aliphatic carboxylic acids is 1. The van der Waals surface area contributed by atoms with Crippen molar-refractivity contribution in [3.8, 4) is 0 Å². The zero-order valence-corrected chi connectivity index (χ0v) is 9.81. The van der Waals surface area contributed by atoms with Crippen LogP contribution in [0.3, 0.4) is 0 Å². The Morgan fingerprint density at radius 1 is 1.32 bits per heavy atom. The van der Waals surface area contributed by atoms with Gasteiger partial charge in [0, 0.05) is 0 Å². The van der Waals surface area contributed by atoms with Crippen LogP contribution in [-0.4, -0.2) is 51.5 Å². The van der Waals surface area contributed by atoms with Gasteiger partial charge in [0.2, 0.25) is 6.10 Å². The highest BCUT2D eigenvalue weighted by Gasteiger charge is 2.60. The van der Waals surface area contributed by atoms with E-state index >= 15 is 0 Å². The van der Waals surface area contributed by atoms with E-state index in [-0.39, 0.29) is 0 Å². The largest absolute Gasteiger partial charge is 0.480 e. The molecule has 0 rings (SSSR count). The molecule has 114 valence electrons. The Labute approximate surface area is 105 Å². The summed E-state index contributed by atoms with van der Waals surface area (Å²) in [6.45, 7) is -2.18. The maximum atomic E-state index is 13.2. The molecule has 0 aliphatic carbocycles. The molecule has 2 unspecified atom stereocenters. The van der Waals surface area contributed by atoms with E-state index < -0.39 is 53.0 Å². The normalized spacial score (nSPS) is 17.8. The Balaban J connectivity index is 5.09. The first-order valence-electron chi connectivity index (χ1n) is 4.43. The van der Waals surface area contributed by atoms with E-state index in [4.69, 9.17) is 10.8 Å². The van der Waals surface area contributed by atoms with Crippen molar-refractivity contribution in [2.45, 2.75) is 23.6 Å². The Hall–Kier alpha value is -0.880. The molecule has 0 amide bonds. The molecule has 0 saturated carbocycles. The van der Waals surface area contributed by atoms with Crippen molar-refractivity contribution in [1.29, 1.82) is 0 Å². The van der Waals surface area contributed by atoms with Gasteiger partial charge in [-0.1, -0.05) is 0 Å². The van der Waals surface area contributed by atoms with Gasteiger partial charge in [-0.15, -0.1) is 0 Å². The summed E-state index contributed by atoms with van der Waals surface area (Å²) in [7, 11) is -3.61. The molecule has 5 nitrogen and oxygen atoms in total. The van der Waals surface area contributed by atoms with Gasteiger partial charge in [-0.3, -0.25) is 9.00 Å². The summed E-state index contributed by atoms with van der Waals surface area (Å²) in [5, 5.41) is 3.25. The molecule has 19 heavy (non-hydrogen) atoms. The zero-order chi connectivity index (χ0) is 15.4. The third kappa shape index (κ3) is 4.95. The molecule has 0 spiro atoms. The molecular weight excluding hydrogens is 308 g/mol. The lowest BCUT2D eigenvalue weighted by molar-refractivity contribution is -0.270. The number of nitrogens with two attached hydrogens (primary N) is 1. The van der Waals surface area contributed by atoms with Crippen molar-refractivity contribution in [3.05, 3.63) is 0 Å². The number of carboxylic acid groups (broad SMARTS) is 1. The second-order valence-electron chi connectivity index (χ2n) is 3.22. The lowest BCUT2D eigenvalue weighted by Crippen LogP contribution is -2.52. The molecule has 0 aromatic carbocycles. The molecule has 0 saturated heterocycles. The minimum atomic E-state index is -5.68. The van der Waals surface area contributed by atoms with Crippen LogP contribution in [0.4, 0.5) is 26.3 Å². The summed E-state index contributed by atoms with van der Waals surface area (Å²) < 4.78 is 89.0. The van der Waals surface area contributed by atoms with Crippen LogP contribution in [0.1, 0.15) is 0 Å². The van der Waals surface area contributed by atoms with E-state index in [0.717, 1.165) is 0 Å². The van der Waals surface area contributed by atoms with Gasteiger partial charge in [0.1, 0.15) is 6.04 Å². The van der Waals surface area contributed by atoms with E-state index in [2.05, 4.69) is 4.74 Å². The van der Waals surface area contributed by atoms with E-state index in [9.17, 15) is 35.3 Å². The van der Waals surface area contributed by atoms with E-state index in [0.29, 0.717) is 0 Å². The highest BCUT2D eigenvalue weighted by Crippen LogP contribution is 2.37. The van der Waals surface area contributed by atoms with Crippen LogP contribution < -0.4 is 5.73 Å². The molecule has 3 atom stereocenters. The van der Waals surface area contributed by atoms with Crippen LogP contribution in [0.25, 0.3) is 0 Å². The van der Waals surface area contributed by atoms with Crippen molar-refractivity contribution in [3.63, 3.8) is 0 Å². The van der Waals surface area contributed by atoms with Gasteiger partial charge in [-0.05, 0) is 0 Å². The summed E-state index contributed by atoms with van der Waals surface area (Å²) in [5.41, 5.74) is 4.78. The molecule has 0 aliphatic heterocycles. The Bertz CT molecular complexity index is 349. The lowest BCUT2D eigenvalue weighted by atomic mass is 10.3. The molecule has 0 heterocycles. The summed E-state index contributed by atoms with van der Waals surface area (Å²) in [5.74, 6) is -3.26. The first-order valence-corrected chi connectivity index (χ1v) is 5.75. The number of carboxylic acids is 1. The molecule has 12 heteroatoms. The van der Waals surface area contributed by atoms with Gasteiger partial charge in [0.05, 0.1) is 16.6 Å². The Kier molecular flexibility index (Phi) is 6.22. The van der Waals surface area contributed by atoms with Crippen LogP contribution in [0.15, 0.2) is 0 Å². The fraction of sp³-hybridized carbons (Fsp3) is 0.857. The molecule has 0 fully saturated rings. The summed E-state index contributed by atoms with van der Waals surface area (Å²) in [4.78, 5) is 10.2. The van der Waals surface area contributed by atoms with Crippen LogP contribution in [0.5, 0.6) is 0 Å². The minimum Gasteiger partial charge on any atom is -0.480 e. The third-order valence-corrected chi connectivity index (χ3v) is 3.27. The van der Waals surface area contributed by atoms with E-state index in [1.54, 1.807) is 0 Å². The monoisotopic (exact) mass is 317 g/mol. The molecule has 3 N–H and O–H groups in total. The SMILES string of the molecule is N[C@@H](CS(=O)C(F)(F)C(OCF)C(F)(F)F)C(=O)O. The molecule has 0 aromatic heterocycles. The van der Waals surface area contributed by atoms with Gasteiger partial charge in [-0.25, -0.2) is 4.39 Å². The lowest BCUT2D eigenvalue weighted by Gasteiger charge is -2.27. The van der Waals surface area contributed by atoms with Crippen molar-refractivity contribution < 1.29 is 45.2 Å². The van der Waals surface area contributed by atoms with Crippen LogP contribution in [-0.2, 0) is 20.3 Å². The predicted octanol–water partition coefficient (Wildman–Crippen LogP) is 0.614. The smallest absolute Gasteiger partial charge is 0.421 e. The van der Waals surface area contributed by atoms with E-state index in [1.165, 1.54) is 0 Å². The highest BCUT2D eigenvalue weighted by molar-refractivity contribution is 7.86. The number of alkyl halides is 6. The molecule has 0 bridgehead atoms. The van der Waals surface area contributed by atoms with Crippen LogP contribution >= 0.6 is 0 Å². The fourth-order valence-electron chi connectivity index (χ4n) is 0.910. The van der Waals surface area contributed by atoms with E-state index in [1.807, 2.05) is 0 Å². The standard InChI is InChI=1S/C7H9F6NO4S/c8-2-18-5(6(9,10)11)7(12,13)19(17)1-3(14)4(15)16/h3,5H,1-2,14H2,(H,15,16)/t3-,5?,19?/m0/s1. The number of hydrogen-bond donors (Lipinski definition) is 2. The second-order valence-corrected chi connectivity index (χ2v) is 4.78. The number of hydrogen-bond acceptors (Lipinski definition) is 4. The molecule has 0 radical (unpaired) electrons. The molecule has 0 aromatic rings. The second kappa shape index (κ2) is 6.52. The van der Waals surface area contributed by atoms with Gasteiger partial charge in [0.15, 0.2) is 6.86 Å². The summed E-state index contributed by atoms with van der Waals surface area (Å²) in [6, 6.07) is -2.05.